The fourth-order valence-corrected chi connectivity index (χ4v) is 1.61. The lowest BCUT2D eigenvalue weighted by Gasteiger charge is -2.07. The summed E-state index contributed by atoms with van der Waals surface area (Å²) in [5.74, 6) is -0.117. The predicted molar refractivity (Wildman–Crippen MR) is 65.4 cm³/mol. The molecule has 1 aromatic rings. The van der Waals surface area contributed by atoms with Crippen molar-refractivity contribution in [3.05, 3.63) is 29.8 Å². The highest BCUT2D eigenvalue weighted by Crippen LogP contribution is 2.28. The van der Waals surface area contributed by atoms with E-state index in [1.165, 1.54) is 0 Å². The number of amides is 2. The normalized spacial score (nSPS) is 14.0. The zero-order chi connectivity index (χ0) is 13.0. The molecule has 96 valence electrons. The first-order valence-corrected chi connectivity index (χ1v) is 6.02. The van der Waals surface area contributed by atoms with Crippen molar-refractivity contribution in [1.82, 2.24) is 10.9 Å². The highest BCUT2D eigenvalue weighted by Gasteiger charge is 2.29. The van der Waals surface area contributed by atoms with E-state index >= 15 is 0 Å². The van der Waals surface area contributed by atoms with Gasteiger partial charge in [0.25, 0.3) is 0 Å². The molecule has 1 aliphatic carbocycles. The Kier molecular flexibility index (Phi) is 3.82. The average Bonchev–Trinajstić information content (AvgIpc) is 3.19. The van der Waals surface area contributed by atoms with Gasteiger partial charge in [0.05, 0.1) is 0 Å². The number of carbonyl (C=O) groups excluding carboxylic acids is 2. The number of hydrazine groups is 1. The first kappa shape index (κ1) is 12.4. The minimum absolute atomic E-state index is 0.0727. The van der Waals surface area contributed by atoms with Crippen molar-refractivity contribution >= 4 is 11.8 Å². The second kappa shape index (κ2) is 5.53. The van der Waals surface area contributed by atoms with Gasteiger partial charge in [-0.3, -0.25) is 20.4 Å². The van der Waals surface area contributed by atoms with E-state index in [1.54, 1.807) is 18.2 Å². The molecule has 0 saturated heterocycles. The van der Waals surface area contributed by atoms with Crippen molar-refractivity contribution in [1.29, 1.82) is 0 Å². The minimum Gasteiger partial charge on any atom is -0.508 e. The minimum atomic E-state index is -0.257. The second-order valence-electron chi connectivity index (χ2n) is 4.44. The Hall–Kier alpha value is -2.04. The van der Waals surface area contributed by atoms with Gasteiger partial charge < -0.3 is 5.11 Å². The van der Waals surface area contributed by atoms with E-state index in [0.29, 0.717) is 6.42 Å². The van der Waals surface area contributed by atoms with Crippen LogP contribution in [0.4, 0.5) is 0 Å². The Morgan fingerprint density at radius 3 is 2.61 bits per heavy atom. The van der Waals surface area contributed by atoms with Crippen molar-refractivity contribution in [3.8, 4) is 5.75 Å². The molecule has 1 aliphatic rings. The molecule has 0 unspecified atom stereocenters. The molecule has 0 aliphatic heterocycles. The van der Waals surface area contributed by atoms with Crippen molar-refractivity contribution in [2.75, 3.05) is 0 Å². The van der Waals surface area contributed by atoms with E-state index in [2.05, 4.69) is 10.9 Å². The molecule has 1 fully saturated rings. The molecular formula is C13H16N2O3. The number of rotatable bonds is 4. The van der Waals surface area contributed by atoms with E-state index in [4.69, 9.17) is 0 Å². The average molecular weight is 248 g/mol. The largest absolute Gasteiger partial charge is 0.508 e. The van der Waals surface area contributed by atoms with Crippen LogP contribution in [0.3, 0.4) is 0 Å². The monoisotopic (exact) mass is 248 g/mol. The number of para-hydroxylation sites is 1. The lowest BCUT2D eigenvalue weighted by atomic mass is 10.1. The highest BCUT2D eigenvalue weighted by molar-refractivity contribution is 5.84. The number of aryl methyl sites for hydroxylation is 1. The lowest BCUT2D eigenvalue weighted by Crippen LogP contribution is -2.42. The number of phenolic OH excluding ortho intramolecular Hbond substituents is 1. The molecule has 5 nitrogen and oxygen atoms in total. The summed E-state index contributed by atoms with van der Waals surface area (Å²) in [5.41, 5.74) is 5.49. The number of nitrogens with one attached hydrogen (secondary N) is 2. The predicted octanol–water partition coefficient (Wildman–Crippen LogP) is 0.882. The summed E-state index contributed by atoms with van der Waals surface area (Å²) in [6.07, 6.45) is 2.47. The quantitative estimate of drug-likeness (QED) is 0.692. The molecule has 0 heterocycles. The van der Waals surface area contributed by atoms with Gasteiger partial charge in [-0.2, -0.15) is 0 Å². The van der Waals surface area contributed by atoms with E-state index in [9.17, 15) is 14.7 Å². The van der Waals surface area contributed by atoms with Crippen LogP contribution in [0.1, 0.15) is 24.8 Å². The summed E-state index contributed by atoms with van der Waals surface area (Å²) in [5, 5.41) is 9.52. The van der Waals surface area contributed by atoms with Crippen LogP contribution in [0.2, 0.25) is 0 Å². The lowest BCUT2D eigenvalue weighted by molar-refractivity contribution is -0.129. The molecule has 0 bridgehead atoms. The van der Waals surface area contributed by atoms with Crippen LogP contribution < -0.4 is 10.9 Å². The van der Waals surface area contributed by atoms with Crippen LogP contribution >= 0.6 is 0 Å². The zero-order valence-corrected chi connectivity index (χ0v) is 9.98. The van der Waals surface area contributed by atoms with Crippen LogP contribution in [0, 0.1) is 5.92 Å². The summed E-state index contributed by atoms with van der Waals surface area (Å²) >= 11 is 0. The van der Waals surface area contributed by atoms with Gasteiger partial charge in [0, 0.05) is 12.3 Å². The second-order valence-corrected chi connectivity index (χ2v) is 4.44. The number of phenols is 1. The van der Waals surface area contributed by atoms with Crippen LogP contribution in [0.25, 0.3) is 0 Å². The fraction of sp³-hybridized carbons (Fsp3) is 0.385. The van der Waals surface area contributed by atoms with Crippen molar-refractivity contribution < 1.29 is 14.7 Å². The molecule has 3 N–H and O–H groups in total. The standard InChI is InChI=1S/C13H16N2O3/c16-11-4-2-1-3-9(11)7-8-12(17)14-15-13(18)10-5-6-10/h1-4,10,16H,5-8H2,(H,14,17)(H,15,18). The number of hydrogen-bond acceptors (Lipinski definition) is 3. The van der Waals surface area contributed by atoms with Crippen LogP contribution in [0.15, 0.2) is 24.3 Å². The summed E-state index contributed by atoms with van der Waals surface area (Å²) in [4.78, 5) is 22.7. The summed E-state index contributed by atoms with van der Waals surface area (Å²) in [6, 6.07) is 6.89. The Morgan fingerprint density at radius 2 is 1.94 bits per heavy atom. The highest BCUT2D eigenvalue weighted by atomic mass is 16.3. The van der Waals surface area contributed by atoms with E-state index in [-0.39, 0.29) is 29.9 Å². The van der Waals surface area contributed by atoms with Gasteiger partial charge in [-0.25, -0.2) is 0 Å². The van der Waals surface area contributed by atoms with Crippen molar-refractivity contribution in [2.45, 2.75) is 25.7 Å². The Morgan fingerprint density at radius 1 is 1.22 bits per heavy atom. The Labute approximate surface area is 105 Å². The fourth-order valence-electron chi connectivity index (χ4n) is 1.61. The molecule has 1 saturated carbocycles. The maximum atomic E-state index is 11.5. The van der Waals surface area contributed by atoms with Gasteiger partial charge in [0.1, 0.15) is 5.75 Å². The van der Waals surface area contributed by atoms with Gasteiger partial charge in [0.15, 0.2) is 0 Å². The summed E-state index contributed by atoms with van der Waals surface area (Å²) < 4.78 is 0. The van der Waals surface area contributed by atoms with Crippen LogP contribution in [0.5, 0.6) is 5.75 Å². The third-order valence-corrected chi connectivity index (χ3v) is 2.89. The molecule has 0 atom stereocenters. The first-order chi connectivity index (χ1) is 8.66. The number of carbonyl (C=O) groups is 2. The smallest absolute Gasteiger partial charge is 0.241 e. The topological polar surface area (TPSA) is 78.4 Å². The van der Waals surface area contributed by atoms with Crippen molar-refractivity contribution in [3.63, 3.8) is 0 Å². The molecule has 0 spiro atoms. The van der Waals surface area contributed by atoms with Gasteiger partial charge in [0.2, 0.25) is 11.8 Å². The summed E-state index contributed by atoms with van der Waals surface area (Å²) in [6.45, 7) is 0. The molecule has 0 aromatic heterocycles. The Balaban J connectivity index is 1.71. The summed E-state index contributed by atoms with van der Waals surface area (Å²) in [7, 11) is 0. The third kappa shape index (κ3) is 3.48. The third-order valence-electron chi connectivity index (χ3n) is 2.89. The molecule has 2 rings (SSSR count). The van der Waals surface area contributed by atoms with Crippen LogP contribution in [-0.2, 0) is 16.0 Å². The van der Waals surface area contributed by atoms with E-state index in [0.717, 1.165) is 18.4 Å². The number of aromatic hydroxyl groups is 1. The molecular weight excluding hydrogens is 232 g/mol. The van der Waals surface area contributed by atoms with Crippen molar-refractivity contribution in [2.24, 2.45) is 5.92 Å². The molecule has 0 radical (unpaired) electrons. The molecule has 18 heavy (non-hydrogen) atoms. The number of benzene rings is 1. The first-order valence-electron chi connectivity index (χ1n) is 6.02. The maximum Gasteiger partial charge on any atom is 0.241 e. The molecule has 2 amide bonds. The SMILES string of the molecule is O=C(CCc1ccccc1O)NNC(=O)C1CC1. The van der Waals surface area contributed by atoms with E-state index in [1.807, 2.05) is 6.07 Å². The number of hydrogen-bond donors (Lipinski definition) is 3. The molecule has 1 aromatic carbocycles. The van der Waals surface area contributed by atoms with Gasteiger partial charge >= 0.3 is 0 Å². The van der Waals surface area contributed by atoms with E-state index < -0.39 is 0 Å². The molecule has 5 heteroatoms. The maximum absolute atomic E-state index is 11.5. The zero-order valence-electron chi connectivity index (χ0n) is 9.98. The van der Waals surface area contributed by atoms with Gasteiger partial charge in [-0.05, 0) is 30.9 Å². The van der Waals surface area contributed by atoms with Crippen LogP contribution in [-0.4, -0.2) is 16.9 Å². The van der Waals surface area contributed by atoms with Gasteiger partial charge in [-0.1, -0.05) is 18.2 Å². The van der Waals surface area contributed by atoms with Gasteiger partial charge in [-0.15, -0.1) is 0 Å². The Bertz CT molecular complexity index is 455.